The minimum Gasteiger partial charge on any atom is -0.496 e. The van der Waals surface area contributed by atoms with Crippen molar-refractivity contribution in [2.24, 2.45) is 7.05 Å². The number of hydrogen-bond acceptors (Lipinski definition) is 5. The van der Waals surface area contributed by atoms with Crippen LogP contribution >= 0.6 is 0 Å². The Hall–Kier alpha value is -3.81. The third-order valence-electron chi connectivity index (χ3n) is 5.36. The van der Waals surface area contributed by atoms with E-state index in [1.54, 1.807) is 38.1 Å². The van der Waals surface area contributed by atoms with Crippen LogP contribution in [-0.2, 0) is 13.6 Å². The summed E-state index contributed by atoms with van der Waals surface area (Å²) >= 11 is 0. The first-order valence-corrected chi connectivity index (χ1v) is 9.56. The van der Waals surface area contributed by atoms with Crippen molar-refractivity contribution in [2.75, 3.05) is 7.11 Å². The Kier molecular flexibility index (Phi) is 4.20. The number of fused-ring (bicyclic) bond motifs is 2. The van der Waals surface area contributed by atoms with Crippen molar-refractivity contribution in [1.29, 1.82) is 0 Å². The normalized spacial score (nSPS) is 11.5. The summed E-state index contributed by atoms with van der Waals surface area (Å²) in [4.78, 5) is 8.89. The molecule has 0 N–H and O–H groups in total. The van der Waals surface area contributed by atoms with Crippen LogP contribution in [0, 0.1) is 5.82 Å². The SMILES string of the molecule is CCn1cnc2c(-c3ccc(F)c(-c4cc5ncn(C)c5cc4OC)c3)cnnc21. The molecule has 0 aliphatic carbocycles. The van der Waals surface area contributed by atoms with Gasteiger partial charge in [0, 0.05) is 36.3 Å². The van der Waals surface area contributed by atoms with Gasteiger partial charge in [-0.1, -0.05) is 6.07 Å². The molecule has 7 nitrogen and oxygen atoms in total. The molecular formula is C22H19FN6O. The summed E-state index contributed by atoms with van der Waals surface area (Å²) in [5, 5.41) is 8.34. The third kappa shape index (κ3) is 2.72. The summed E-state index contributed by atoms with van der Waals surface area (Å²) in [5.74, 6) is 0.236. The summed E-state index contributed by atoms with van der Waals surface area (Å²) in [6.07, 6.45) is 5.13. The zero-order valence-electron chi connectivity index (χ0n) is 16.8. The van der Waals surface area contributed by atoms with Gasteiger partial charge in [-0.3, -0.25) is 0 Å². The van der Waals surface area contributed by atoms with E-state index in [2.05, 4.69) is 20.2 Å². The second-order valence-corrected chi connectivity index (χ2v) is 7.05. The lowest BCUT2D eigenvalue weighted by Crippen LogP contribution is -1.96. The highest BCUT2D eigenvalue weighted by Crippen LogP contribution is 2.37. The van der Waals surface area contributed by atoms with Gasteiger partial charge in [-0.25, -0.2) is 14.4 Å². The third-order valence-corrected chi connectivity index (χ3v) is 5.36. The number of aryl methyl sites for hydroxylation is 2. The van der Waals surface area contributed by atoms with Crippen molar-refractivity contribution >= 4 is 22.2 Å². The molecule has 0 radical (unpaired) electrons. The van der Waals surface area contributed by atoms with Crippen LogP contribution in [0.5, 0.6) is 5.75 Å². The molecule has 0 fully saturated rings. The standard InChI is InChI=1S/C22H19FN6O/c1-4-29-12-25-21-16(10-26-27-22(21)29)13-5-6-17(23)14(7-13)15-8-18-19(9-20(15)30-3)28(2)11-24-18/h5-12H,4H2,1-3H3. The monoisotopic (exact) mass is 402 g/mol. The van der Waals surface area contributed by atoms with Crippen LogP contribution in [0.25, 0.3) is 44.5 Å². The maximum atomic E-state index is 14.9. The average Bonchev–Trinajstić information content (AvgIpc) is 3.36. The van der Waals surface area contributed by atoms with Crippen LogP contribution in [0.1, 0.15) is 6.92 Å². The average molecular weight is 402 g/mol. The van der Waals surface area contributed by atoms with Gasteiger partial charge in [0.2, 0.25) is 0 Å². The van der Waals surface area contributed by atoms with Crippen molar-refractivity contribution in [3.8, 4) is 28.0 Å². The molecular weight excluding hydrogens is 383 g/mol. The van der Waals surface area contributed by atoms with Gasteiger partial charge in [-0.05, 0) is 30.7 Å². The highest BCUT2D eigenvalue weighted by molar-refractivity contribution is 5.92. The zero-order chi connectivity index (χ0) is 20.8. The molecule has 5 aromatic rings. The highest BCUT2D eigenvalue weighted by atomic mass is 19.1. The van der Waals surface area contributed by atoms with E-state index in [9.17, 15) is 4.39 Å². The molecule has 0 aliphatic heterocycles. The lowest BCUT2D eigenvalue weighted by Gasteiger charge is -2.12. The molecule has 8 heteroatoms. The van der Waals surface area contributed by atoms with Crippen LogP contribution in [0.4, 0.5) is 4.39 Å². The van der Waals surface area contributed by atoms with E-state index < -0.39 is 0 Å². The first kappa shape index (κ1) is 18.2. The predicted molar refractivity (Wildman–Crippen MR) is 113 cm³/mol. The number of hydrogen-bond donors (Lipinski definition) is 0. The smallest absolute Gasteiger partial charge is 0.183 e. The van der Waals surface area contributed by atoms with Crippen LogP contribution in [0.3, 0.4) is 0 Å². The second-order valence-electron chi connectivity index (χ2n) is 7.05. The van der Waals surface area contributed by atoms with Gasteiger partial charge in [-0.2, -0.15) is 5.10 Å². The summed E-state index contributed by atoms with van der Waals surface area (Å²) in [6, 6.07) is 8.70. The molecule has 3 aromatic heterocycles. The molecule has 0 bridgehead atoms. The number of nitrogens with zero attached hydrogens (tertiary/aromatic N) is 6. The summed E-state index contributed by atoms with van der Waals surface area (Å²) < 4.78 is 24.3. The molecule has 5 rings (SSSR count). The quantitative estimate of drug-likeness (QED) is 0.450. The van der Waals surface area contributed by atoms with Gasteiger partial charge in [0.25, 0.3) is 0 Å². The van der Waals surface area contributed by atoms with Crippen molar-refractivity contribution in [3.63, 3.8) is 0 Å². The van der Waals surface area contributed by atoms with E-state index in [4.69, 9.17) is 4.74 Å². The highest BCUT2D eigenvalue weighted by Gasteiger charge is 2.17. The molecule has 3 heterocycles. The van der Waals surface area contributed by atoms with E-state index in [1.165, 1.54) is 6.07 Å². The molecule has 0 aliphatic rings. The van der Waals surface area contributed by atoms with E-state index in [0.29, 0.717) is 22.5 Å². The Balaban J connectivity index is 1.72. The molecule has 2 aromatic carbocycles. The minimum atomic E-state index is -0.343. The maximum Gasteiger partial charge on any atom is 0.183 e. The van der Waals surface area contributed by atoms with Gasteiger partial charge >= 0.3 is 0 Å². The van der Waals surface area contributed by atoms with Crippen LogP contribution in [0.2, 0.25) is 0 Å². The summed E-state index contributed by atoms with van der Waals surface area (Å²) in [5.41, 5.74) is 5.79. The number of aromatic nitrogens is 6. The van der Waals surface area contributed by atoms with Gasteiger partial charge in [-0.15, -0.1) is 5.10 Å². The molecule has 0 atom stereocenters. The van der Waals surface area contributed by atoms with Crippen LogP contribution in [-0.4, -0.2) is 36.4 Å². The molecule has 0 amide bonds. The van der Waals surface area contributed by atoms with Crippen molar-refractivity contribution < 1.29 is 9.13 Å². The van der Waals surface area contributed by atoms with Crippen molar-refractivity contribution in [3.05, 3.63) is 55.0 Å². The van der Waals surface area contributed by atoms with Crippen LogP contribution < -0.4 is 4.74 Å². The fourth-order valence-electron chi connectivity index (χ4n) is 3.75. The molecule has 0 saturated carbocycles. The fourth-order valence-corrected chi connectivity index (χ4v) is 3.75. The van der Waals surface area contributed by atoms with Crippen molar-refractivity contribution in [2.45, 2.75) is 13.5 Å². The minimum absolute atomic E-state index is 0.343. The summed E-state index contributed by atoms with van der Waals surface area (Å²) in [7, 11) is 3.49. The largest absolute Gasteiger partial charge is 0.496 e. The van der Waals surface area contributed by atoms with E-state index >= 15 is 0 Å². The Labute approximate surface area is 171 Å². The number of benzene rings is 2. The Morgan fingerprint density at radius 2 is 1.90 bits per heavy atom. The Bertz CT molecular complexity index is 1400. The molecule has 0 unspecified atom stereocenters. The first-order valence-electron chi connectivity index (χ1n) is 9.56. The zero-order valence-corrected chi connectivity index (χ0v) is 16.8. The topological polar surface area (TPSA) is 70.7 Å². The number of ether oxygens (including phenoxy) is 1. The van der Waals surface area contributed by atoms with Crippen LogP contribution in [0.15, 0.2) is 49.2 Å². The second kappa shape index (κ2) is 6.91. The predicted octanol–water partition coefficient (Wildman–Crippen LogP) is 4.21. The Morgan fingerprint density at radius 1 is 1.03 bits per heavy atom. The van der Waals surface area contributed by atoms with Crippen molar-refractivity contribution in [1.82, 2.24) is 29.3 Å². The Morgan fingerprint density at radius 3 is 2.70 bits per heavy atom. The van der Waals surface area contributed by atoms with Gasteiger partial charge in [0.05, 0.1) is 37.0 Å². The molecule has 0 spiro atoms. The molecule has 150 valence electrons. The number of methoxy groups -OCH3 is 1. The number of halogens is 1. The fraction of sp³-hybridized carbons (Fsp3) is 0.182. The summed E-state index contributed by atoms with van der Waals surface area (Å²) in [6.45, 7) is 2.76. The number of rotatable bonds is 4. The molecule has 30 heavy (non-hydrogen) atoms. The first-order chi connectivity index (χ1) is 14.6. The van der Waals surface area contributed by atoms with E-state index in [0.717, 1.165) is 34.2 Å². The van der Waals surface area contributed by atoms with Gasteiger partial charge < -0.3 is 13.9 Å². The van der Waals surface area contributed by atoms with E-state index in [-0.39, 0.29) is 5.82 Å². The molecule has 0 saturated heterocycles. The van der Waals surface area contributed by atoms with Gasteiger partial charge in [0.15, 0.2) is 5.65 Å². The van der Waals surface area contributed by atoms with Gasteiger partial charge in [0.1, 0.15) is 17.1 Å². The maximum absolute atomic E-state index is 14.9. The number of imidazole rings is 2. The van der Waals surface area contributed by atoms with E-state index in [1.807, 2.05) is 35.2 Å². The lowest BCUT2D eigenvalue weighted by molar-refractivity contribution is 0.416. The lowest BCUT2D eigenvalue weighted by atomic mass is 9.98.